The molecule has 1 aliphatic heterocycles. The average Bonchev–Trinajstić information content (AvgIpc) is 2.05. The molecule has 5 nitrogen and oxygen atoms in total. The predicted molar refractivity (Wildman–Crippen MR) is 43.0 cm³/mol. The lowest BCUT2D eigenvalue weighted by Gasteiger charge is -2.24. The Kier molecular flexibility index (Phi) is 2.90. The highest BCUT2D eigenvalue weighted by Gasteiger charge is 2.22. The van der Waals surface area contributed by atoms with Crippen molar-refractivity contribution in [2.24, 2.45) is 5.16 Å². The summed E-state index contributed by atoms with van der Waals surface area (Å²) < 4.78 is 0. The van der Waals surface area contributed by atoms with Gasteiger partial charge in [0.15, 0.2) is 5.84 Å². The maximum absolute atomic E-state index is 10.6. The van der Waals surface area contributed by atoms with Crippen LogP contribution in [0.5, 0.6) is 0 Å². The van der Waals surface area contributed by atoms with Crippen molar-refractivity contribution in [2.75, 3.05) is 13.7 Å². The molecule has 0 unspecified atom stereocenters. The summed E-state index contributed by atoms with van der Waals surface area (Å²) in [5, 5.41) is 12.4. The van der Waals surface area contributed by atoms with Gasteiger partial charge in [-0.25, -0.2) is 4.79 Å². The molecule has 0 spiro atoms. The molecule has 0 aromatic carbocycles. The van der Waals surface area contributed by atoms with E-state index in [-0.39, 0.29) is 0 Å². The Morgan fingerprint density at radius 1 is 1.67 bits per heavy atom. The average molecular weight is 172 g/mol. The number of piperidine rings is 1. The molecule has 1 amide bonds. The molecule has 1 aliphatic rings. The van der Waals surface area contributed by atoms with Crippen molar-refractivity contribution in [1.82, 2.24) is 4.90 Å². The number of carbonyl (C=O) groups is 1. The fourth-order valence-electron chi connectivity index (χ4n) is 1.22. The summed E-state index contributed by atoms with van der Waals surface area (Å²) in [5.74, 6) is 0.510. The summed E-state index contributed by atoms with van der Waals surface area (Å²) in [6.45, 7) is 0.525. The summed E-state index contributed by atoms with van der Waals surface area (Å²) in [5.41, 5.74) is 0. The molecule has 1 fully saturated rings. The Hall–Kier alpha value is -1.26. The van der Waals surface area contributed by atoms with Crippen molar-refractivity contribution >= 4 is 11.9 Å². The molecule has 0 aromatic heterocycles. The van der Waals surface area contributed by atoms with Gasteiger partial charge in [-0.1, -0.05) is 5.16 Å². The van der Waals surface area contributed by atoms with Gasteiger partial charge >= 0.3 is 6.09 Å². The Balaban J connectivity index is 2.67. The van der Waals surface area contributed by atoms with Crippen LogP contribution in [0, 0.1) is 0 Å². The molecule has 0 atom stereocenters. The molecule has 1 heterocycles. The van der Waals surface area contributed by atoms with Gasteiger partial charge in [0, 0.05) is 13.0 Å². The first-order valence-corrected chi connectivity index (χ1v) is 3.86. The minimum Gasteiger partial charge on any atom is -0.465 e. The highest BCUT2D eigenvalue weighted by molar-refractivity contribution is 5.94. The second kappa shape index (κ2) is 3.94. The van der Waals surface area contributed by atoms with Crippen LogP contribution in [-0.4, -0.2) is 35.6 Å². The van der Waals surface area contributed by atoms with Crippen molar-refractivity contribution < 1.29 is 14.7 Å². The van der Waals surface area contributed by atoms with Gasteiger partial charge in [0.25, 0.3) is 0 Å². The number of oxime groups is 1. The van der Waals surface area contributed by atoms with Gasteiger partial charge in [0.1, 0.15) is 7.11 Å². The van der Waals surface area contributed by atoms with Gasteiger partial charge in [-0.2, -0.15) is 0 Å². The number of amides is 1. The maximum Gasteiger partial charge on any atom is 0.412 e. The summed E-state index contributed by atoms with van der Waals surface area (Å²) in [7, 11) is 1.42. The predicted octanol–water partition coefficient (Wildman–Crippen LogP) is 1.11. The number of amidine groups is 1. The monoisotopic (exact) mass is 172 g/mol. The molecule has 5 heteroatoms. The summed E-state index contributed by atoms with van der Waals surface area (Å²) in [4.78, 5) is 16.4. The van der Waals surface area contributed by atoms with Crippen LogP contribution in [-0.2, 0) is 4.84 Å². The van der Waals surface area contributed by atoms with Crippen LogP contribution in [0.25, 0.3) is 0 Å². The van der Waals surface area contributed by atoms with Crippen LogP contribution in [0.1, 0.15) is 19.3 Å². The van der Waals surface area contributed by atoms with E-state index in [2.05, 4.69) is 9.99 Å². The highest BCUT2D eigenvalue weighted by atomic mass is 16.6. The SMILES string of the molecule is CON=C1CCCCN1C(=O)O. The van der Waals surface area contributed by atoms with E-state index in [0.29, 0.717) is 18.8 Å². The first-order chi connectivity index (χ1) is 5.75. The van der Waals surface area contributed by atoms with E-state index < -0.39 is 6.09 Å². The van der Waals surface area contributed by atoms with E-state index in [1.54, 1.807) is 0 Å². The van der Waals surface area contributed by atoms with E-state index in [9.17, 15) is 4.79 Å². The Morgan fingerprint density at radius 2 is 2.42 bits per heavy atom. The third-order valence-electron chi connectivity index (χ3n) is 1.77. The molecular weight excluding hydrogens is 160 g/mol. The molecule has 1 rings (SSSR count). The van der Waals surface area contributed by atoms with Gasteiger partial charge in [-0.05, 0) is 12.8 Å². The lowest BCUT2D eigenvalue weighted by Crippen LogP contribution is -2.39. The summed E-state index contributed by atoms with van der Waals surface area (Å²) in [6.07, 6.45) is 1.60. The molecule has 1 N–H and O–H groups in total. The van der Waals surface area contributed by atoms with E-state index in [4.69, 9.17) is 5.11 Å². The molecule has 0 radical (unpaired) electrons. The van der Waals surface area contributed by atoms with E-state index >= 15 is 0 Å². The minimum absolute atomic E-state index is 0.510. The van der Waals surface area contributed by atoms with Crippen molar-refractivity contribution in [3.05, 3.63) is 0 Å². The summed E-state index contributed by atoms with van der Waals surface area (Å²) >= 11 is 0. The number of rotatable bonds is 1. The summed E-state index contributed by atoms with van der Waals surface area (Å²) in [6, 6.07) is 0. The van der Waals surface area contributed by atoms with E-state index in [1.165, 1.54) is 12.0 Å². The highest BCUT2D eigenvalue weighted by Crippen LogP contribution is 2.12. The first kappa shape index (κ1) is 8.83. The van der Waals surface area contributed by atoms with E-state index in [1.807, 2.05) is 0 Å². The largest absolute Gasteiger partial charge is 0.465 e. The fourth-order valence-corrected chi connectivity index (χ4v) is 1.22. The minimum atomic E-state index is -0.953. The molecular formula is C7H12N2O3. The Labute approximate surface area is 70.6 Å². The van der Waals surface area contributed by atoms with Crippen molar-refractivity contribution in [3.8, 4) is 0 Å². The standard InChI is InChI=1S/C7H12N2O3/c1-12-8-6-4-2-3-5-9(6)7(10)11/h2-5H2,1H3,(H,10,11). The topological polar surface area (TPSA) is 62.1 Å². The fraction of sp³-hybridized carbons (Fsp3) is 0.714. The first-order valence-electron chi connectivity index (χ1n) is 3.86. The quantitative estimate of drug-likeness (QED) is 0.602. The third kappa shape index (κ3) is 1.87. The van der Waals surface area contributed by atoms with Crippen LogP contribution >= 0.6 is 0 Å². The molecule has 12 heavy (non-hydrogen) atoms. The molecule has 0 bridgehead atoms. The van der Waals surface area contributed by atoms with Crippen molar-refractivity contribution in [1.29, 1.82) is 0 Å². The lowest BCUT2D eigenvalue weighted by atomic mass is 10.1. The zero-order chi connectivity index (χ0) is 8.97. The Morgan fingerprint density at radius 3 is 3.00 bits per heavy atom. The zero-order valence-corrected chi connectivity index (χ0v) is 6.99. The van der Waals surface area contributed by atoms with Gasteiger partial charge < -0.3 is 9.94 Å². The molecule has 0 saturated carbocycles. The number of hydrogen-bond acceptors (Lipinski definition) is 3. The number of hydrogen-bond donors (Lipinski definition) is 1. The van der Waals surface area contributed by atoms with Crippen molar-refractivity contribution in [3.63, 3.8) is 0 Å². The molecule has 68 valence electrons. The van der Waals surface area contributed by atoms with Crippen LogP contribution < -0.4 is 0 Å². The van der Waals surface area contributed by atoms with Gasteiger partial charge in [0.2, 0.25) is 0 Å². The van der Waals surface area contributed by atoms with Gasteiger partial charge in [-0.3, -0.25) is 4.90 Å². The smallest absolute Gasteiger partial charge is 0.412 e. The second-order valence-corrected chi connectivity index (χ2v) is 2.58. The maximum atomic E-state index is 10.6. The second-order valence-electron chi connectivity index (χ2n) is 2.58. The third-order valence-corrected chi connectivity index (χ3v) is 1.77. The zero-order valence-electron chi connectivity index (χ0n) is 6.99. The normalized spacial score (nSPS) is 21.1. The molecule has 1 saturated heterocycles. The number of nitrogens with zero attached hydrogens (tertiary/aromatic N) is 2. The van der Waals surface area contributed by atoms with E-state index in [0.717, 1.165) is 12.8 Å². The van der Waals surface area contributed by atoms with Crippen LogP contribution in [0.2, 0.25) is 0 Å². The lowest BCUT2D eigenvalue weighted by molar-refractivity contribution is 0.158. The number of likely N-dealkylation sites (tertiary alicyclic amines) is 1. The number of carboxylic acid groups (broad SMARTS) is 1. The molecule has 0 aliphatic carbocycles. The van der Waals surface area contributed by atoms with Gasteiger partial charge in [-0.15, -0.1) is 0 Å². The van der Waals surface area contributed by atoms with Crippen LogP contribution in [0.15, 0.2) is 5.16 Å². The van der Waals surface area contributed by atoms with Crippen LogP contribution in [0.3, 0.4) is 0 Å². The van der Waals surface area contributed by atoms with Gasteiger partial charge in [0.05, 0.1) is 0 Å². The molecule has 0 aromatic rings. The van der Waals surface area contributed by atoms with Crippen molar-refractivity contribution in [2.45, 2.75) is 19.3 Å². The van der Waals surface area contributed by atoms with Crippen LogP contribution in [0.4, 0.5) is 4.79 Å². The Bertz CT molecular complexity index is 203.